The van der Waals surface area contributed by atoms with Gasteiger partial charge in [0.25, 0.3) is 0 Å². The molecular formula is C23H14FN7. The van der Waals surface area contributed by atoms with E-state index in [1.807, 2.05) is 24.3 Å². The Kier molecular flexibility index (Phi) is 3.82. The molecule has 0 saturated carbocycles. The van der Waals surface area contributed by atoms with E-state index in [2.05, 4.69) is 35.1 Å². The van der Waals surface area contributed by atoms with Crippen molar-refractivity contribution in [3.63, 3.8) is 0 Å². The number of fused-ring (bicyclic) bond motifs is 2. The Hall–Kier alpha value is -4.46. The number of pyridine rings is 2. The van der Waals surface area contributed by atoms with Gasteiger partial charge in [-0.05, 0) is 41.5 Å². The van der Waals surface area contributed by atoms with Crippen LogP contribution in [-0.4, -0.2) is 35.1 Å². The first-order valence-corrected chi connectivity index (χ1v) is 9.61. The molecule has 0 aliphatic heterocycles. The van der Waals surface area contributed by atoms with Gasteiger partial charge >= 0.3 is 0 Å². The van der Waals surface area contributed by atoms with Crippen LogP contribution in [0, 0.1) is 5.82 Å². The highest BCUT2D eigenvalue weighted by atomic mass is 19.1. The van der Waals surface area contributed by atoms with Crippen molar-refractivity contribution < 1.29 is 4.39 Å². The first kappa shape index (κ1) is 17.4. The SMILES string of the molecule is Fc1cccc(-c2ccnc3[nH]c(-c4n[nH]c5cnc(-c6cnccn6)cc45)cc23)c1. The van der Waals surface area contributed by atoms with Gasteiger partial charge in [0, 0.05) is 29.4 Å². The van der Waals surface area contributed by atoms with Crippen molar-refractivity contribution in [3.8, 4) is 33.9 Å². The normalized spacial score (nSPS) is 11.4. The molecule has 8 heteroatoms. The highest BCUT2D eigenvalue weighted by molar-refractivity contribution is 6.00. The van der Waals surface area contributed by atoms with Crippen LogP contribution < -0.4 is 0 Å². The lowest BCUT2D eigenvalue weighted by Gasteiger charge is -2.02. The Morgan fingerprint density at radius 3 is 2.65 bits per heavy atom. The summed E-state index contributed by atoms with van der Waals surface area (Å²) < 4.78 is 13.8. The van der Waals surface area contributed by atoms with Gasteiger partial charge in [-0.25, -0.2) is 9.37 Å². The summed E-state index contributed by atoms with van der Waals surface area (Å²) in [7, 11) is 0. The van der Waals surface area contributed by atoms with E-state index in [9.17, 15) is 4.39 Å². The van der Waals surface area contributed by atoms with Crippen LogP contribution in [0.2, 0.25) is 0 Å². The molecule has 0 bridgehead atoms. The van der Waals surface area contributed by atoms with Gasteiger partial charge in [0.15, 0.2) is 0 Å². The van der Waals surface area contributed by atoms with E-state index in [0.717, 1.165) is 38.8 Å². The monoisotopic (exact) mass is 407 g/mol. The number of nitrogens with zero attached hydrogens (tertiary/aromatic N) is 5. The Labute approximate surface area is 175 Å². The highest BCUT2D eigenvalue weighted by Crippen LogP contribution is 2.33. The smallest absolute Gasteiger partial charge is 0.138 e. The second-order valence-electron chi connectivity index (χ2n) is 7.09. The zero-order valence-corrected chi connectivity index (χ0v) is 16.0. The number of hydrogen-bond donors (Lipinski definition) is 2. The van der Waals surface area contributed by atoms with E-state index < -0.39 is 0 Å². The molecule has 0 unspecified atom stereocenters. The molecule has 6 aromatic rings. The van der Waals surface area contributed by atoms with Gasteiger partial charge < -0.3 is 4.98 Å². The lowest BCUT2D eigenvalue weighted by molar-refractivity contribution is 0.628. The summed E-state index contributed by atoms with van der Waals surface area (Å²) in [6.45, 7) is 0. The third-order valence-corrected chi connectivity index (χ3v) is 5.20. The standard InChI is InChI=1S/C23H14FN7/c24-14-3-1-2-13(8-14)15-4-5-27-23-16(15)9-19(29-23)22-17-10-18(21-11-25-6-7-26-21)28-12-20(17)30-31-22/h1-12H,(H,27,29)(H,30,31). The maximum Gasteiger partial charge on any atom is 0.138 e. The first-order valence-electron chi connectivity index (χ1n) is 9.61. The summed E-state index contributed by atoms with van der Waals surface area (Å²) in [6, 6.07) is 12.3. The van der Waals surface area contributed by atoms with Crippen LogP contribution in [0.1, 0.15) is 0 Å². The molecule has 0 atom stereocenters. The van der Waals surface area contributed by atoms with Crippen molar-refractivity contribution in [2.24, 2.45) is 0 Å². The van der Waals surface area contributed by atoms with Crippen LogP contribution in [0.4, 0.5) is 4.39 Å². The molecule has 148 valence electrons. The molecule has 0 fully saturated rings. The van der Waals surface area contributed by atoms with Crippen molar-refractivity contribution >= 4 is 21.9 Å². The molecule has 0 aliphatic rings. The Balaban J connectivity index is 1.52. The molecule has 1 aromatic carbocycles. The van der Waals surface area contributed by atoms with Crippen LogP contribution in [0.15, 0.2) is 73.4 Å². The molecule has 0 aliphatic carbocycles. The van der Waals surface area contributed by atoms with Gasteiger partial charge in [0.05, 0.1) is 29.3 Å². The molecule has 31 heavy (non-hydrogen) atoms. The second-order valence-corrected chi connectivity index (χ2v) is 7.09. The molecule has 5 heterocycles. The van der Waals surface area contributed by atoms with Crippen LogP contribution >= 0.6 is 0 Å². The summed E-state index contributed by atoms with van der Waals surface area (Å²) in [5.74, 6) is -0.277. The van der Waals surface area contributed by atoms with Gasteiger partial charge in [-0.1, -0.05) is 12.1 Å². The van der Waals surface area contributed by atoms with Gasteiger partial charge in [-0.15, -0.1) is 0 Å². The van der Waals surface area contributed by atoms with Crippen molar-refractivity contribution in [1.82, 2.24) is 35.1 Å². The van der Waals surface area contributed by atoms with Gasteiger partial charge in [-0.3, -0.25) is 20.1 Å². The number of aromatic amines is 2. The quantitative estimate of drug-likeness (QED) is 0.441. The Morgan fingerprint density at radius 2 is 1.77 bits per heavy atom. The summed E-state index contributed by atoms with van der Waals surface area (Å²) in [6.07, 6.45) is 8.37. The molecule has 0 saturated heterocycles. The topological polar surface area (TPSA) is 96.0 Å². The molecule has 5 aromatic heterocycles. The highest BCUT2D eigenvalue weighted by Gasteiger charge is 2.15. The third-order valence-electron chi connectivity index (χ3n) is 5.20. The van der Waals surface area contributed by atoms with Crippen LogP contribution in [-0.2, 0) is 0 Å². The minimum atomic E-state index is -0.277. The van der Waals surface area contributed by atoms with Crippen LogP contribution in [0.3, 0.4) is 0 Å². The van der Waals surface area contributed by atoms with Crippen molar-refractivity contribution in [1.29, 1.82) is 0 Å². The van der Waals surface area contributed by atoms with E-state index in [0.29, 0.717) is 17.0 Å². The van der Waals surface area contributed by atoms with E-state index in [4.69, 9.17) is 0 Å². The van der Waals surface area contributed by atoms with Crippen molar-refractivity contribution in [3.05, 3.63) is 79.3 Å². The van der Waals surface area contributed by atoms with Crippen LogP contribution in [0.5, 0.6) is 0 Å². The summed E-state index contributed by atoms with van der Waals surface area (Å²) in [5.41, 5.74) is 6.13. The minimum absolute atomic E-state index is 0.277. The number of halogens is 1. The maximum atomic E-state index is 13.8. The lowest BCUT2D eigenvalue weighted by atomic mass is 10.0. The number of nitrogens with one attached hydrogen (secondary N) is 2. The van der Waals surface area contributed by atoms with Gasteiger partial charge in [-0.2, -0.15) is 5.10 Å². The zero-order valence-electron chi connectivity index (χ0n) is 16.0. The van der Waals surface area contributed by atoms with E-state index in [1.165, 1.54) is 12.1 Å². The maximum absolute atomic E-state index is 13.8. The minimum Gasteiger partial charge on any atom is -0.338 e. The number of H-pyrrole nitrogens is 2. The Bertz CT molecular complexity index is 1550. The number of hydrogen-bond acceptors (Lipinski definition) is 5. The third kappa shape index (κ3) is 2.93. The predicted molar refractivity (Wildman–Crippen MR) is 115 cm³/mol. The zero-order chi connectivity index (χ0) is 20.8. The molecule has 2 N–H and O–H groups in total. The fourth-order valence-electron chi connectivity index (χ4n) is 3.76. The molecule has 7 nitrogen and oxygen atoms in total. The second kappa shape index (κ2) is 6.81. The van der Waals surface area contributed by atoms with E-state index >= 15 is 0 Å². The predicted octanol–water partition coefficient (Wildman–Crippen LogP) is 4.76. The molecule has 0 amide bonds. The van der Waals surface area contributed by atoms with Crippen LogP contribution in [0.25, 0.3) is 55.8 Å². The number of rotatable bonds is 3. The molecule has 0 radical (unpaired) electrons. The number of benzene rings is 1. The summed E-state index contributed by atoms with van der Waals surface area (Å²) in [4.78, 5) is 20.7. The van der Waals surface area contributed by atoms with Gasteiger partial charge in [0.2, 0.25) is 0 Å². The molecular weight excluding hydrogens is 393 g/mol. The molecule has 6 rings (SSSR count). The first-order chi connectivity index (χ1) is 15.3. The van der Waals surface area contributed by atoms with Crippen molar-refractivity contribution in [2.75, 3.05) is 0 Å². The average molecular weight is 407 g/mol. The average Bonchev–Trinajstić information content (AvgIpc) is 3.43. The molecule has 0 spiro atoms. The fourth-order valence-corrected chi connectivity index (χ4v) is 3.76. The summed E-state index contributed by atoms with van der Waals surface area (Å²) in [5, 5.41) is 9.31. The van der Waals surface area contributed by atoms with E-state index in [-0.39, 0.29) is 5.82 Å². The lowest BCUT2D eigenvalue weighted by Crippen LogP contribution is -1.88. The number of aromatic nitrogens is 7. The van der Waals surface area contributed by atoms with E-state index in [1.54, 1.807) is 37.1 Å². The summed E-state index contributed by atoms with van der Waals surface area (Å²) >= 11 is 0. The fraction of sp³-hybridized carbons (Fsp3) is 0. The Morgan fingerprint density at radius 1 is 0.806 bits per heavy atom. The van der Waals surface area contributed by atoms with Gasteiger partial charge in [0.1, 0.15) is 22.9 Å². The van der Waals surface area contributed by atoms with Crippen molar-refractivity contribution in [2.45, 2.75) is 0 Å². The largest absolute Gasteiger partial charge is 0.338 e.